The minimum atomic E-state index is -1.45. The summed E-state index contributed by atoms with van der Waals surface area (Å²) in [6.07, 6.45) is 0. The Morgan fingerprint density at radius 3 is 2.29 bits per heavy atom. The molecule has 0 saturated carbocycles. The van der Waals surface area contributed by atoms with Crippen molar-refractivity contribution in [3.05, 3.63) is 58.9 Å². The Morgan fingerprint density at radius 1 is 0.857 bits per heavy atom. The van der Waals surface area contributed by atoms with Gasteiger partial charge in [-0.25, -0.2) is 13.2 Å². The molecular weight excluding hydrogens is 283 g/mol. The molecule has 2 aromatic carbocycles. The maximum Gasteiger partial charge on any atom is 0.231 e. The monoisotopic (exact) mass is 295 g/mol. The third-order valence-electron chi connectivity index (χ3n) is 3.14. The first kappa shape index (κ1) is 13.8. The zero-order valence-electron chi connectivity index (χ0n) is 11.0. The number of benzene rings is 2. The Hall–Kier alpha value is -2.21. The van der Waals surface area contributed by atoms with E-state index >= 15 is 0 Å². The Kier molecular flexibility index (Phi) is 3.70. The van der Waals surface area contributed by atoms with Crippen molar-refractivity contribution in [3.63, 3.8) is 0 Å². The lowest BCUT2D eigenvalue weighted by atomic mass is 10.1. The van der Waals surface area contributed by atoms with Gasteiger partial charge in [0.1, 0.15) is 0 Å². The quantitative estimate of drug-likeness (QED) is 0.879. The highest BCUT2D eigenvalue weighted by Crippen LogP contribution is 2.32. The van der Waals surface area contributed by atoms with Gasteiger partial charge in [-0.3, -0.25) is 0 Å². The van der Waals surface area contributed by atoms with Crippen molar-refractivity contribution in [1.29, 1.82) is 0 Å². The lowest BCUT2D eigenvalue weighted by molar-refractivity contribution is 0.174. The van der Waals surface area contributed by atoms with Crippen LogP contribution in [0.5, 0.6) is 11.5 Å². The fourth-order valence-electron chi connectivity index (χ4n) is 2.11. The van der Waals surface area contributed by atoms with Gasteiger partial charge in [0.2, 0.25) is 6.79 Å². The van der Waals surface area contributed by atoms with Crippen molar-refractivity contribution in [3.8, 4) is 11.5 Å². The maximum absolute atomic E-state index is 13.1. The molecule has 0 amide bonds. The molecule has 1 N–H and O–H groups in total. The van der Waals surface area contributed by atoms with Crippen molar-refractivity contribution >= 4 is 0 Å². The van der Waals surface area contributed by atoms with Crippen LogP contribution in [0.3, 0.4) is 0 Å². The molecule has 0 aromatic heterocycles. The molecule has 0 radical (unpaired) electrons. The predicted molar refractivity (Wildman–Crippen MR) is 69.4 cm³/mol. The van der Waals surface area contributed by atoms with Gasteiger partial charge in [-0.1, -0.05) is 6.07 Å². The van der Waals surface area contributed by atoms with E-state index in [4.69, 9.17) is 9.47 Å². The minimum absolute atomic E-state index is 0.209. The van der Waals surface area contributed by atoms with E-state index in [1.807, 2.05) is 12.1 Å². The fraction of sp³-hybridized carbons (Fsp3) is 0.200. The summed E-state index contributed by atoms with van der Waals surface area (Å²) in [6.45, 7) is 0.917. The van der Waals surface area contributed by atoms with E-state index in [2.05, 4.69) is 5.32 Å². The van der Waals surface area contributed by atoms with Gasteiger partial charge in [-0.2, -0.15) is 0 Å². The second kappa shape index (κ2) is 5.65. The van der Waals surface area contributed by atoms with Crippen LogP contribution >= 0.6 is 0 Å². The highest BCUT2D eigenvalue weighted by Gasteiger charge is 2.13. The highest BCUT2D eigenvalue weighted by molar-refractivity contribution is 5.44. The number of rotatable bonds is 4. The third-order valence-corrected chi connectivity index (χ3v) is 3.14. The van der Waals surface area contributed by atoms with E-state index in [-0.39, 0.29) is 13.3 Å². The fourth-order valence-corrected chi connectivity index (χ4v) is 2.11. The van der Waals surface area contributed by atoms with Crippen LogP contribution in [0, 0.1) is 17.5 Å². The van der Waals surface area contributed by atoms with Crippen LogP contribution in [0.1, 0.15) is 11.1 Å². The number of hydrogen-bond acceptors (Lipinski definition) is 3. The van der Waals surface area contributed by atoms with Crippen LogP contribution in [0.2, 0.25) is 0 Å². The molecule has 3 nitrogen and oxygen atoms in total. The van der Waals surface area contributed by atoms with Crippen LogP contribution < -0.4 is 14.8 Å². The molecule has 0 spiro atoms. The summed E-state index contributed by atoms with van der Waals surface area (Å²) >= 11 is 0. The predicted octanol–water partition coefficient (Wildman–Crippen LogP) is 3.12. The molecule has 3 rings (SSSR count). The molecule has 6 heteroatoms. The number of halogens is 3. The van der Waals surface area contributed by atoms with E-state index < -0.39 is 17.5 Å². The lowest BCUT2D eigenvalue weighted by Crippen LogP contribution is -2.13. The van der Waals surface area contributed by atoms with Gasteiger partial charge in [0.05, 0.1) is 0 Å². The van der Waals surface area contributed by atoms with Crippen molar-refractivity contribution < 1.29 is 22.6 Å². The average molecular weight is 295 g/mol. The van der Waals surface area contributed by atoms with Crippen LogP contribution in [0.15, 0.2) is 30.3 Å². The van der Waals surface area contributed by atoms with Gasteiger partial charge in [-0.05, 0) is 35.4 Å². The van der Waals surface area contributed by atoms with E-state index in [0.717, 1.165) is 17.7 Å². The average Bonchev–Trinajstić information content (AvgIpc) is 2.92. The lowest BCUT2D eigenvalue weighted by Gasteiger charge is -2.07. The number of nitrogens with one attached hydrogen (secondary N) is 1. The molecule has 1 heterocycles. The van der Waals surface area contributed by atoms with Crippen molar-refractivity contribution in [2.75, 3.05) is 6.79 Å². The molecule has 0 saturated heterocycles. The molecule has 1 aliphatic rings. The highest BCUT2D eigenvalue weighted by atomic mass is 19.2. The van der Waals surface area contributed by atoms with Crippen molar-refractivity contribution in [1.82, 2.24) is 5.32 Å². The second-order valence-corrected chi connectivity index (χ2v) is 4.66. The summed E-state index contributed by atoms with van der Waals surface area (Å²) in [6, 6.07) is 7.46. The smallest absolute Gasteiger partial charge is 0.231 e. The van der Waals surface area contributed by atoms with Gasteiger partial charge in [0, 0.05) is 13.1 Å². The van der Waals surface area contributed by atoms with Gasteiger partial charge in [0.15, 0.2) is 29.0 Å². The molecule has 0 aliphatic carbocycles. The topological polar surface area (TPSA) is 30.5 Å². The molecule has 2 aromatic rings. The number of fused-ring (bicyclic) bond motifs is 1. The first-order chi connectivity index (χ1) is 10.1. The van der Waals surface area contributed by atoms with Crippen molar-refractivity contribution in [2.24, 2.45) is 0 Å². The van der Waals surface area contributed by atoms with Crippen molar-refractivity contribution in [2.45, 2.75) is 13.1 Å². The Bertz CT molecular complexity index is 653. The normalized spacial score (nSPS) is 12.7. The summed E-state index contributed by atoms with van der Waals surface area (Å²) in [5.41, 5.74) is 1.29. The van der Waals surface area contributed by atoms with Crippen LogP contribution in [-0.2, 0) is 13.1 Å². The first-order valence-electron chi connectivity index (χ1n) is 6.36. The molecule has 0 atom stereocenters. The van der Waals surface area contributed by atoms with Crippen LogP contribution in [0.25, 0.3) is 0 Å². The second-order valence-electron chi connectivity index (χ2n) is 4.66. The summed E-state index contributed by atoms with van der Waals surface area (Å²) < 4.78 is 49.4. The zero-order valence-corrected chi connectivity index (χ0v) is 11.0. The molecule has 21 heavy (non-hydrogen) atoms. The van der Waals surface area contributed by atoms with Gasteiger partial charge in [0.25, 0.3) is 0 Å². The molecule has 1 aliphatic heterocycles. The zero-order chi connectivity index (χ0) is 14.8. The summed E-state index contributed by atoms with van der Waals surface area (Å²) in [7, 11) is 0. The SMILES string of the molecule is Fc1cc(CNCc2ccc3c(c2)OCO3)cc(F)c1F. The Balaban J connectivity index is 1.61. The number of hydrogen-bond donors (Lipinski definition) is 1. The van der Waals surface area contributed by atoms with Crippen LogP contribution in [0.4, 0.5) is 13.2 Å². The Labute approximate surface area is 119 Å². The van der Waals surface area contributed by atoms with E-state index in [9.17, 15) is 13.2 Å². The van der Waals surface area contributed by atoms with E-state index in [1.54, 1.807) is 6.07 Å². The van der Waals surface area contributed by atoms with E-state index in [1.165, 1.54) is 0 Å². The molecular formula is C15H12F3NO2. The maximum atomic E-state index is 13.1. The number of ether oxygens (including phenoxy) is 2. The van der Waals surface area contributed by atoms with Gasteiger partial charge < -0.3 is 14.8 Å². The van der Waals surface area contributed by atoms with Gasteiger partial charge >= 0.3 is 0 Å². The first-order valence-corrected chi connectivity index (χ1v) is 6.36. The summed E-state index contributed by atoms with van der Waals surface area (Å²) in [5, 5.41) is 3.03. The standard InChI is InChI=1S/C15H12F3NO2/c16-11-3-10(4-12(17)15(11)18)7-19-6-9-1-2-13-14(5-9)21-8-20-13/h1-5,19H,6-8H2. The van der Waals surface area contributed by atoms with Gasteiger partial charge in [-0.15, -0.1) is 0 Å². The van der Waals surface area contributed by atoms with E-state index in [0.29, 0.717) is 23.6 Å². The molecule has 0 fully saturated rings. The Morgan fingerprint density at radius 2 is 1.52 bits per heavy atom. The third kappa shape index (κ3) is 2.95. The molecule has 0 unspecified atom stereocenters. The molecule has 0 bridgehead atoms. The minimum Gasteiger partial charge on any atom is -0.454 e. The molecule has 110 valence electrons. The van der Waals surface area contributed by atoms with Crippen LogP contribution in [-0.4, -0.2) is 6.79 Å². The summed E-state index contributed by atoms with van der Waals surface area (Å²) in [4.78, 5) is 0. The largest absolute Gasteiger partial charge is 0.454 e. The summed E-state index contributed by atoms with van der Waals surface area (Å²) in [5.74, 6) is -2.45.